The summed E-state index contributed by atoms with van der Waals surface area (Å²) in [6.07, 6.45) is 5.52. The van der Waals surface area contributed by atoms with Crippen molar-refractivity contribution in [3.8, 4) is 5.75 Å². The van der Waals surface area contributed by atoms with Gasteiger partial charge >= 0.3 is 0 Å². The van der Waals surface area contributed by atoms with Crippen molar-refractivity contribution in [3.63, 3.8) is 0 Å². The lowest BCUT2D eigenvalue weighted by atomic mass is 9.65. The van der Waals surface area contributed by atoms with Crippen LogP contribution in [0, 0.1) is 17.8 Å². The van der Waals surface area contributed by atoms with E-state index in [-0.39, 0.29) is 17.9 Å². The standard InChI is InChI=1S/C23H30N2O2S/c1-27-21-10-3-2-6-18(21)14-25(15-20-9-5-11-28-20)23(26)19-12-16-7-4-8-17(13-19)22(16)24/h2-3,5-6,9-11,16-17,19,22H,4,7-8,12-15,24H2,1H3. The number of nitrogens with two attached hydrogens (primary N) is 1. The number of carbonyl (C=O) groups is 1. The van der Waals surface area contributed by atoms with Gasteiger partial charge in [0.2, 0.25) is 5.91 Å². The summed E-state index contributed by atoms with van der Waals surface area (Å²) in [5, 5.41) is 2.07. The highest BCUT2D eigenvalue weighted by Gasteiger charge is 2.41. The van der Waals surface area contributed by atoms with Gasteiger partial charge in [-0.05, 0) is 55.0 Å². The molecule has 5 heteroatoms. The predicted molar refractivity (Wildman–Crippen MR) is 113 cm³/mol. The fraction of sp³-hybridized carbons (Fsp3) is 0.522. The highest BCUT2D eigenvalue weighted by atomic mass is 32.1. The molecule has 2 bridgehead atoms. The molecule has 2 fully saturated rings. The highest BCUT2D eigenvalue weighted by Crippen LogP contribution is 2.42. The summed E-state index contributed by atoms with van der Waals surface area (Å²) in [5.74, 6) is 2.24. The molecular formula is C23H30N2O2S. The Morgan fingerprint density at radius 1 is 1.14 bits per heavy atom. The van der Waals surface area contributed by atoms with Crippen molar-refractivity contribution >= 4 is 17.2 Å². The highest BCUT2D eigenvalue weighted by molar-refractivity contribution is 7.09. The number of ether oxygens (including phenoxy) is 1. The lowest BCUT2D eigenvalue weighted by Crippen LogP contribution is -2.49. The third kappa shape index (κ3) is 4.11. The van der Waals surface area contributed by atoms with E-state index in [1.807, 2.05) is 23.1 Å². The molecule has 0 aliphatic heterocycles. The van der Waals surface area contributed by atoms with E-state index in [0.29, 0.717) is 24.9 Å². The van der Waals surface area contributed by atoms with Crippen molar-refractivity contribution in [1.82, 2.24) is 4.90 Å². The minimum Gasteiger partial charge on any atom is -0.496 e. The summed E-state index contributed by atoms with van der Waals surface area (Å²) in [4.78, 5) is 16.9. The molecule has 1 amide bonds. The van der Waals surface area contributed by atoms with E-state index < -0.39 is 0 Å². The van der Waals surface area contributed by atoms with Gasteiger partial charge in [-0.2, -0.15) is 0 Å². The lowest BCUT2D eigenvalue weighted by molar-refractivity contribution is -0.140. The Hall–Kier alpha value is -1.85. The van der Waals surface area contributed by atoms with Gasteiger partial charge in [0.1, 0.15) is 5.75 Å². The number of methoxy groups -OCH3 is 1. The molecule has 1 aromatic heterocycles. The van der Waals surface area contributed by atoms with Crippen LogP contribution in [0.5, 0.6) is 5.75 Å². The van der Waals surface area contributed by atoms with Crippen LogP contribution in [0.15, 0.2) is 41.8 Å². The topological polar surface area (TPSA) is 55.6 Å². The van der Waals surface area contributed by atoms with Gasteiger partial charge in [0.15, 0.2) is 0 Å². The Balaban J connectivity index is 1.55. The third-order valence-electron chi connectivity index (χ3n) is 6.55. The molecule has 4 rings (SSSR count). The number of hydrogen-bond donors (Lipinski definition) is 1. The molecule has 2 N–H and O–H groups in total. The number of hydrogen-bond acceptors (Lipinski definition) is 4. The van der Waals surface area contributed by atoms with Crippen LogP contribution < -0.4 is 10.5 Å². The molecule has 150 valence electrons. The van der Waals surface area contributed by atoms with E-state index in [1.165, 1.54) is 24.1 Å². The second kappa shape index (κ2) is 8.66. The largest absolute Gasteiger partial charge is 0.496 e. The van der Waals surface area contributed by atoms with Gasteiger partial charge in [0, 0.05) is 28.9 Å². The molecule has 2 aromatic rings. The number of thiophene rings is 1. The number of nitrogens with zero attached hydrogens (tertiary/aromatic N) is 1. The van der Waals surface area contributed by atoms with Gasteiger partial charge in [-0.3, -0.25) is 4.79 Å². The van der Waals surface area contributed by atoms with Crippen molar-refractivity contribution < 1.29 is 9.53 Å². The summed E-state index contributed by atoms with van der Waals surface area (Å²) < 4.78 is 5.53. The first-order valence-corrected chi connectivity index (χ1v) is 11.2. The first kappa shape index (κ1) is 19.5. The van der Waals surface area contributed by atoms with Crippen LogP contribution in [-0.4, -0.2) is 24.0 Å². The number of rotatable bonds is 6. The summed E-state index contributed by atoms with van der Waals surface area (Å²) in [5.41, 5.74) is 7.51. The first-order chi connectivity index (χ1) is 13.7. The molecule has 2 unspecified atom stereocenters. The van der Waals surface area contributed by atoms with Gasteiger partial charge in [-0.25, -0.2) is 0 Å². The fourth-order valence-electron chi connectivity index (χ4n) is 5.09. The Kier molecular flexibility index (Phi) is 6.02. The average molecular weight is 399 g/mol. The van der Waals surface area contributed by atoms with Gasteiger partial charge in [0.25, 0.3) is 0 Å². The van der Waals surface area contributed by atoms with Crippen LogP contribution in [0.2, 0.25) is 0 Å². The lowest BCUT2D eigenvalue weighted by Gasteiger charge is -2.44. The quantitative estimate of drug-likeness (QED) is 0.783. The van der Waals surface area contributed by atoms with E-state index in [4.69, 9.17) is 10.5 Å². The number of benzene rings is 1. The fourth-order valence-corrected chi connectivity index (χ4v) is 5.81. The Morgan fingerprint density at radius 2 is 1.89 bits per heavy atom. The van der Waals surface area contributed by atoms with E-state index in [9.17, 15) is 4.79 Å². The van der Waals surface area contributed by atoms with Crippen LogP contribution >= 0.6 is 11.3 Å². The molecule has 2 saturated carbocycles. The smallest absolute Gasteiger partial charge is 0.226 e. The predicted octanol–water partition coefficient (Wildman–Crippen LogP) is 4.44. The molecule has 0 radical (unpaired) electrons. The van der Waals surface area contributed by atoms with Crippen molar-refractivity contribution in [1.29, 1.82) is 0 Å². The van der Waals surface area contributed by atoms with Crippen LogP contribution in [-0.2, 0) is 17.9 Å². The van der Waals surface area contributed by atoms with Crippen molar-refractivity contribution in [2.45, 2.75) is 51.2 Å². The Morgan fingerprint density at radius 3 is 2.57 bits per heavy atom. The molecule has 1 heterocycles. The van der Waals surface area contributed by atoms with Crippen LogP contribution in [0.4, 0.5) is 0 Å². The summed E-state index contributed by atoms with van der Waals surface area (Å²) >= 11 is 1.71. The van der Waals surface area contributed by atoms with E-state index in [1.54, 1.807) is 18.4 Å². The molecule has 2 aliphatic rings. The summed E-state index contributed by atoms with van der Waals surface area (Å²) in [6.45, 7) is 1.24. The van der Waals surface area contributed by atoms with Gasteiger partial charge in [-0.1, -0.05) is 30.7 Å². The van der Waals surface area contributed by atoms with E-state index in [2.05, 4.69) is 23.6 Å². The number of fused-ring (bicyclic) bond motifs is 2. The second-order valence-electron chi connectivity index (χ2n) is 8.28. The third-order valence-corrected chi connectivity index (χ3v) is 7.42. The van der Waals surface area contributed by atoms with Crippen LogP contribution in [0.3, 0.4) is 0 Å². The number of para-hydroxylation sites is 1. The molecular weight excluding hydrogens is 368 g/mol. The molecule has 4 nitrogen and oxygen atoms in total. The van der Waals surface area contributed by atoms with Crippen molar-refractivity contribution in [2.24, 2.45) is 23.5 Å². The SMILES string of the molecule is COc1ccccc1CN(Cc1cccs1)C(=O)C1CC2CCCC(C1)C2N. The monoisotopic (exact) mass is 398 g/mol. The van der Waals surface area contributed by atoms with Crippen LogP contribution in [0.1, 0.15) is 42.5 Å². The number of carbonyl (C=O) groups excluding carboxylic acids is 1. The number of amides is 1. The summed E-state index contributed by atoms with van der Waals surface area (Å²) in [7, 11) is 1.69. The Bertz CT molecular complexity index is 778. The van der Waals surface area contributed by atoms with E-state index >= 15 is 0 Å². The zero-order chi connectivity index (χ0) is 19.5. The molecule has 1 aromatic carbocycles. The zero-order valence-corrected chi connectivity index (χ0v) is 17.4. The minimum absolute atomic E-state index is 0.102. The van der Waals surface area contributed by atoms with Gasteiger partial charge < -0.3 is 15.4 Å². The average Bonchev–Trinajstić information content (AvgIpc) is 3.20. The molecule has 0 spiro atoms. The zero-order valence-electron chi connectivity index (χ0n) is 16.5. The van der Waals surface area contributed by atoms with Gasteiger partial charge in [-0.15, -0.1) is 11.3 Å². The first-order valence-electron chi connectivity index (χ1n) is 10.3. The maximum Gasteiger partial charge on any atom is 0.226 e. The van der Waals surface area contributed by atoms with Crippen molar-refractivity contribution in [3.05, 3.63) is 52.2 Å². The minimum atomic E-state index is 0.102. The molecule has 0 saturated heterocycles. The normalized spacial score (nSPS) is 26.6. The van der Waals surface area contributed by atoms with Crippen molar-refractivity contribution in [2.75, 3.05) is 7.11 Å². The van der Waals surface area contributed by atoms with Gasteiger partial charge in [0.05, 0.1) is 13.7 Å². The maximum atomic E-state index is 13.6. The van der Waals surface area contributed by atoms with Crippen LogP contribution in [0.25, 0.3) is 0 Å². The molecule has 28 heavy (non-hydrogen) atoms. The van der Waals surface area contributed by atoms with E-state index in [0.717, 1.165) is 24.2 Å². The molecule has 2 aliphatic carbocycles. The summed E-state index contributed by atoms with van der Waals surface area (Å²) in [6, 6.07) is 12.5. The Labute approximate surface area is 171 Å². The maximum absolute atomic E-state index is 13.6. The molecule has 2 atom stereocenters. The second-order valence-corrected chi connectivity index (χ2v) is 9.31.